The highest BCUT2D eigenvalue weighted by Crippen LogP contribution is 2.21. The predicted octanol–water partition coefficient (Wildman–Crippen LogP) is 3.85. The monoisotopic (exact) mass is 323 g/mol. The van der Waals surface area contributed by atoms with Crippen molar-refractivity contribution in [1.29, 1.82) is 0 Å². The number of benzene rings is 1. The molecule has 5 heteroatoms. The minimum absolute atomic E-state index is 0.0639. The molecule has 1 aromatic rings. The van der Waals surface area contributed by atoms with Gasteiger partial charge in [-0.1, -0.05) is 11.6 Å². The van der Waals surface area contributed by atoms with Crippen molar-refractivity contribution in [1.82, 2.24) is 5.32 Å². The summed E-state index contributed by atoms with van der Waals surface area (Å²) < 4.78 is 0.691. The third kappa shape index (κ3) is 4.32. The first-order valence-corrected chi connectivity index (χ1v) is 6.48. The smallest absolute Gasteiger partial charge is 0.252 e. The van der Waals surface area contributed by atoms with Crippen molar-refractivity contribution in [3.63, 3.8) is 0 Å². The molecule has 1 amide bonds. The Morgan fingerprint density at radius 2 is 2.25 bits per heavy atom. The largest absolute Gasteiger partial charge is 0.352 e. The number of hydrogen-bond donors (Lipinski definition) is 1. The summed E-state index contributed by atoms with van der Waals surface area (Å²) in [6.07, 6.45) is 0.749. The molecule has 0 heterocycles. The van der Waals surface area contributed by atoms with E-state index in [-0.39, 0.29) is 11.3 Å². The Bertz CT molecular complexity index is 382. The Morgan fingerprint density at radius 3 is 2.81 bits per heavy atom. The van der Waals surface area contributed by atoms with E-state index in [9.17, 15) is 4.79 Å². The van der Waals surface area contributed by atoms with E-state index < -0.39 is 0 Å². The first kappa shape index (κ1) is 13.8. The number of hydrogen-bond acceptors (Lipinski definition) is 1. The molecule has 1 rings (SSSR count). The van der Waals surface area contributed by atoms with Crippen molar-refractivity contribution in [2.45, 2.75) is 18.7 Å². The number of halogens is 3. The zero-order chi connectivity index (χ0) is 12.1. The minimum atomic E-state index is -0.124. The van der Waals surface area contributed by atoms with Crippen LogP contribution in [-0.4, -0.2) is 17.8 Å². The Labute approximate surface area is 113 Å². The summed E-state index contributed by atoms with van der Waals surface area (Å²) in [4.78, 5) is 11.7. The van der Waals surface area contributed by atoms with Crippen molar-refractivity contribution in [2.24, 2.45) is 0 Å². The van der Waals surface area contributed by atoms with Gasteiger partial charge in [0, 0.05) is 21.4 Å². The molecule has 0 bridgehead atoms. The van der Waals surface area contributed by atoms with E-state index >= 15 is 0 Å². The van der Waals surface area contributed by atoms with E-state index in [1.165, 1.54) is 0 Å². The molecule has 1 N–H and O–H groups in total. The molecule has 0 aliphatic carbocycles. The molecule has 2 nitrogen and oxygen atoms in total. The minimum Gasteiger partial charge on any atom is -0.352 e. The van der Waals surface area contributed by atoms with Crippen LogP contribution in [0.4, 0.5) is 0 Å². The SMILES string of the molecule is CC(Cl)CCNC(=O)c1ccc(Cl)cc1Br. The van der Waals surface area contributed by atoms with Gasteiger partial charge in [0.05, 0.1) is 5.56 Å². The average Bonchev–Trinajstić information content (AvgIpc) is 2.16. The highest BCUT2D eigenvalue weighted by molar-refractivity contribution is 9.10. The molecule has 1 unspecified atom stereocenters. The molecule has 0 saturated heterocycles. The highest BCUT2D eigenvalue weighted by Gasteiger charge is 2.09. The van der Waals surface area contributed by atoms with Gasteiger partial charge in [-0.25, -0.2) is 0 Å². The van der Waals surface area contributed by atoms with Crippen LogP contribution in [0.3, 0.4) is 0 Å². The standard InChI is InChI=1S/C11H12BrCl2NO/c1-7(13)4-5-15-11(16)9-3-2-8(14)6-10(9)12/h2-3,6-7H,4-5H2,1H3,(H,15,16). The van der Waals surface area contributed by atoms with Crippen LogP contribution in [0.2, 0.25) is 5.02 Å². The van der Waals surface area contributed by atoms with Crippen LogP contribution in [0.25, 0.3) is 0 Å². The zero-order valence-electron chi connectivity index (χ0n) is 8.77. The molecular formula is C11H12BrCl2NO. The molecule has 16 heavy (non-hydrogen) atoms. The highest BCUT2D eigenvalue weighted by atomic mass is 79.9. The zero-order valence-corrected chi connectivity index (χ0v) is 11.9. The van der Waals surface area contributed by atoms with E-state index in [1.807, 2.05) is 6.92 Å². The summed E-state index contributed by atoms with van der Waals surface area (Å²) in [5.74, 6) is -0.124. The van der Waals surface area contributed by atoms with Crippen molar-refractivity contribution >= 4 is 45.0 Å². The van der Waals surface area contributed by atoms with Gasteiger partial charge in [-0.05, 0) is 47.5 Å². The molecule has 1 atom stereocenters. The number of carbonyl (C=O) groups is 1. The summed E-state index contributed by atoms with van der Waals surface area (Å²) in [7, 11) is 0. The number of alkyl halides is 1. The van der Waals surface area contributed by atoms with Gasteiger partial charge in [0.15, 0.2) is 0 Å². The average molecular weight is 325 g/mol. The van der Waals surface area contributed by atoms with Crippen LogP contribution in [0.5, 0.6) is 0 Å². The Hall–Kier alpha value is -0.250. The van der Waals surface area contributed by atoms with Crippen LogP contribution in [-0.2, 0) is 0 Å². The van der Waals surface area contributed by atoms with Gasteiger partial charge in [0.25, 0.3) is 5.91 Å². The molecule has 0 spiro atoms. The van der Waals surface area contributed by atoms with Crippen LogP contribution in [0.1, 0.15) is 23.7 Å². The van der Waals surface area contributed by atoms with E-state index in [0.29, 0.717) is 21.6 Å². The van der Waals surface area contributed by atoms with E-state index in [1.54, 1.807) is 18.2 Å². The van der Waals surface area contributed by atoms with Gasteiger partial charge in [-0.3, -0.25) is 4.79 Å². The van der Waals surface area contributed by atoms with Crippen molar-refractivity contribution in [2.75, 3.05) is 6.54 Å². The van der Waals surface area contributed by atoms with E-state index in [2.05, 4.69) is 21.2 Å². The summed E-state index contributed by atoms with van der Waals surface area (Å²) in [6, 6.07) is 5.07. The predicted molar refractivity (Wildman–Crippen MR) is 71.4 cm³/mol. The second kappa shape index (κ2) is 6.48. The fourth-order valence-electron chi connectivity index (χ4n) is 1.15. The van der Waals surface area contributed by atoms with Gasteiger partial charge in [-0.15, -0.1) is 11.6 Å². The van der Waals surface area contributed by atoms with Gasteiger partial charge in [-0.2, -0.15) is 0 Å². The lowest BCUT2D eigenvalue weighted by molar-refractivity contribution is 0.0952. The Morgan fingerprint density at radius 1 is 1.56 bits per heavy atom. The maximum atomic E-state index is 11.7. The quantitative estimate of drug-likeness (QED) is 0.837. The summed E-state index contributed by atoms with van der Waals surface area (Å²) in [5.41, 5.74) is 0.576. The van der Waals surface area contributed by atoms with Crippen LogP contribution >= 0.6 is 39.1 Å². The van der Waals surface area contributed by atoms with Gasteiger partial charge in [0.1, 0.15) is 0 Å². The lowest BCUT2D eigenvalue weighted by Gasteiger charge is -2.07. The maximum absolute atomic E-state index is 11.7. The van der Waals surface area contributed by atoms with Crippen molar-refractivity contribution in [3.05, 3.63) is 33.3 Å². The normalized spacial score (nSPS) is 12.2. The number of nitrogens with one attached hydrogen (secondary N) is 1. The topological polar surface area (TPSA) is 29.1 Å². The molecule has 0 fully saturated rings. The lowest BCUT2D eigenvalue weighted by atomic mass is 10.2. The first-order chi connectivity index (χ1) is 7.50. The summed E-state index contributed by atoms with van der Waals surface area (Å²) in [5, 5.41) is 3.45. The molecule has 88 valence electrons. The fourth-order valence-corrected chi connectivity index (χ4v) is 2.13. The lowest BCUT2D eigenvalue weighted by Crippen LogP contribution is -2.26. The first-order valence-electron chi connectivity index (χ1n) is 4.88. The second-order valence-electron chi connectivity index (χ2n) is 3.45. The molecule has 0 aliphatic heterocycles. The Kier molecular flexibility index (Phi) is 5.59. The van der Waals surface area contributed by atoms with Crippen LogP contribution in [0.15, 0.2) is 22.7 Å². The molecule has 1 aromatic carbocycles. The van der Waals surface area contributed by atoms with Crippen LogP contribution < -0.4 is 5.32 Å². The van der Waals surface area contributed by atoms with Crippen molar-refractivity contribution in [3.8, 4) is 0 Å². The fraction of sp³-hybridized carbons (Fsp3) is 0.364. The second-order valence-corrected chi connectivity index (χ2v) is 5.49. The number of amides is 1. The van der Waals surface area contributed by atoms with Gasteiger partial charge < -0.3 is 5.32 Å². The van der Waals surface area contributed by atoms with Crippen LogP contribution in [0, 0.1) is 0 Å². The van der Waals surface area contributed by atoms with E-state index in [0.717, 1.165) is 6.42 Å². The number of rotatable bonds is 4. The molecule has 0 aliphatic rings. The van der Waals surface area contributed by atoms with Gasteiger partial charge in [0.2, 0.25) is 0 Å². The molecule has 0 radical (unpaired) electrons. The molecule has 0 aromatic heterocycles. The summed E-state index contributed by atoms with van der Waals surface area (Å²) >= 11 is 14.9. The molecular weight excluding hydrogens is 313 g/mol. The van der Waals surface area contributed by atoms with Crippen molar-refractivity contribution < 1.29 is 4.79 Å². The van der Waals surface area contributed by atoms with Gasteiger partial charge >= 0.3 is 0 Å². The third-order valence-electron chi connectivity index (χ3n) is 2.00. The van der Waals surface area contributed by atoms with E-state index in [4.69, 9.17) is 23.2 Å². The Balaban J connectivity index is 2.59. The number of carbonyl (C=O) groups excluding carboxylic acids is 1. The molecule has 0 saturated carbocycles. The third-order valence-corrected chi connectivity index (χ3v) is 3.11. The maximum Gasteiger partial charge on any atom is 0.252 e. The summed E-state index contributed by atoms with van der Waals surface area (Å²) in [6.45, 7) is 2.46.